The summed E-state index contributed by atoms with van der Waals surface area (Å²) in [5, 5.41) is 2.86. The first-order valence-corrected chi connectivity index (χ1v) is 8.05. The number of piperazine rings is 1. The fourth-order valence-corrected chi connectivity index (χ4v) is 3.11. The molecule has 1 aromatic rings. The molecule has 1 aliphatic rings. The van der Waals surface area contributed by atoms with E-state index in [0.717, 1.165) is 22.1 Å². The molecule has 3 atom stereocenters. The molecule has 0 spiro atoms. The number of rotatable bonds is 3. The molecule has 1 N–H and O–H groups in total. The SMILES string of the molecule is CCC(C)C1NC(=O)C(C)N(c2ccc(Br)cc2C)C1=O. The van der Waals surface area contributed by atoms with Crippen molar-refractivity contribution >= 4 is 33.4 Å². The lowest BCUT2D eigenvalue weighted by Gasteiger charge is -2.40. The second-order valence-electron chi connectivity index (χ2n) is 5.69. The van der Waals surface area contributed by atoms with Crippen LogP contribution in [-0.2, 0) is 9.59 Å². The minimum absolute atomic E-state index is 0.0260. The maximum absolute atomic E-state index is 12.8. The Labute approximate surface area is 134 Å². The van der Waals surface area contributed by atoms with E-state index in [-0.39, 0.29) is 17.7 Å². The van der Waals surface area contributed by atoms with E-state index in [4.69, 9.17) is 0 Å². The summed E-state index contributed by atoms with van der Waals surface area (Å²) in [7, 11) is 0. The summed E-state index contributed by atoms with van der Waals surface area (Å²) in [6.45, 7) is 7.73. The van der Waals surface area contributed by atoms with Crippen molar-refractivity contribution in [3.05, 3.63) is 28.2 Å². The van der Waals surface area contributed by atoms with Crippen molar-refractivity contribution in [1.82, 2.24) is 5.32 Å². The van der Waals surface area contributed by atoms with Gasteiger partial charge in [-0.1, -0.05) is 36.2 Å². The van der Waals surface area contributed by atoms with Crippen molar-refractivity contribution in [2.24, 2.45) is 5.92 Å². The van der Waals surface area contributed by atoms with E-state index in [1.54, 1.807) is 11.8 Å². The van der Waals surface area contributed by atoms with Gasteiger partial charge in [-0.05, 0) is 43.5 Å². The molecule has 1 heterocycles. The maximum atomic E-state index is 12.8. The molecule has 5 heteroatoms. The van der Waals surface area contributed by atoms with Crippen LogP contribution in [0.1, 0.15) is 32.8 Å². The highest BCUT2D eigenvalue weighted by molar-refractivity contribution is 9.10. The van der Waals surface area contributed by atoms with Gasteiger partial charge in [0.1, 0.15) is 12.1 Å². The average molecular weight is 353 g/mol. The third-order valence-electron chi connectivity index (χ3n) is 4.20. The third kappa shape index (κ3) is 2.98. The van der Waals surface area contributed by atoms with E-state index in [1.165, 1.54) is 0 Å². The summed E-state index contributed by atoms with van der Waals surface area (Å²) in [5.41, 5.74) is 1.78. The van der Waals surface area contributed by atoms with Gasteiger partial charge in [0, 0.05) is 10.2 Å². The predicted molar refractivity (Wildman–Crippen MR) is 87.2 cm³/mol. The molecule has 0 aromatic heterocycles. The summed E-state index contributed by atoms with van der Waals surface area (Å²) >= 11 is 3.43. The minimum Gasteiger partial charge on any atom is -0.342 e. The second-order valence-corrected chi connectivity index (χ2v) is 6.60. The van der Waals surface area contributed by atoms with Gasteiger partial charge < -0.3 is 5.32 Å². The summed E-state index contributed by atoms with van der Waals surface area (Å²) in [6, 6.07) is 4.81. The molecule has 0 bridgehead atoms. The summed E-state index contributed by atoms with van der Waals surface area (Å²) in [4.78, 5) is 26.7. The van der Waals surface area contributed by atoms with Crippen LogP contribution in [0, 0.1) is 12.8 Å². The van der Waals surface area contributed by atoms with Crippen LogP contribution in [0.4, 0.5) is 5.69 Å². The van der Waals surface area contributed by atoms with E-state index >= 15 is 0 Å². The van der Waals surface area contributed by atoms with Gasteiger partial charge in [0.05, 0.1) is 0 Å². The molecule has 1 aromatic carbocycles. The highest BCUT2D eigenvalue weighted by Crippen LogP contribution is 2.29. The molecule has 1 aliphatic heterocycles. The molecule has 1 fully saturated rings. The van der Waals surface area contributed by atoms with Crippen molar-refractivity contribution in [1.29, 1.82) is 0 Å². The van der Waals surface area contributed by atoms with Crippen LogP contribution >= 0.6 is 15.9 Å². The topological polar surface area (TPSA) is 49.4 Å². The van der Waals surface area contributed by atoms with Gasteiger partial charge in [-0.15, -0.1) is 0 Å². The fraction of sp³-hybridized carbons (Fsp3) is 0.500. The van der Waals surface area contributed by atoms with Crippen molar-refractivity contribution in [3.8, 4) is 0 Å². The van der Waals surface area contributed by atoms with Crippen LogP contribution in [0.15, 0.2) is 22.7 Å². The Bertz CT molecular complexity index is 573. The van der Waals surface area contributed by atoms with E-state index in [9.17, 15) is 9.59 Å². The molecular formula is C16H21BrN2O2. The first kappa shape index (κ1) is 16.0. The predicted octanol–water partition coefficient (Wildman–Crippen LogP) is 3.02. The zero-order valence-electron chi connectivity index (χ0n) is 12.8. The standard InChI is InChI=1S/C16H21BrN2O2/c1-5-9(2)14-16(21)19(11(4)15(20)18-14)13-7-6-12(17)8-10(13)3/h6-9,11,14H,5H2,1-4H3,(H,18,20). The Hall–Kier alpha value is -1.36. The lowest BCUT2D eigenvalue weighted by molar-refractivity contribution is -0.134. The number of carbonyl (C=O) groups is 2. The van der Waals surface area contributed by atoms with Crippen molar-refractivity contribution in [3.63, 3.8) is 0 Å². The molecule has 4 nitrogen and oxygen atoms in total. The van der Waals surface area contributed by atoms with Gasteiger partial charge in [-0.2, -0.15) is 0 Å². The van der Waals surface area contributed by atoms with Crippen LogP contribution in [-0.4, -0.2) is 23.9 Å². The number of amides is 2. The molecule has 2 rings (SSSR count). The second kappa shape index (κ2) is 6.18. The first-order chi connectivity index (χ1) is 9.86. The number of aryl methyl sites for hydroxylation is 1. The fourth-order valence-electron chi connectivity index (χ4n) is 2.63. The Morgan fingerprint density at radius 1 is 1.38 bits per heavy atom. The van der Waals surface area contributed by atoms with Crippen LogP contribution < -0.4 is 10.2 Å². The van der Waals surface area contributed by atoms with E-state index in [1.807, 2.05) is 39.0 Å². The number of hydrogen-bond donors (Lipinski definition) is 1. The van der Waals surface area contributed by atoms with Gasteiger partial charge in [0.2, 0.25) is 5.91 Å². The van der Waals surface area contributed by atoms with Crippen molar-refractivity contribution < 1.29 is 9.59 Å². The van der Waals surface area contributed by atoms with Gasteiger partial charge in [-0.25, -0.2) is 0 Å². The van der Waals surface area contributed by atoms with Crippen LogP contribution in [0.3, 0.4) is 0 Å². The molecule has 3 unspecified atom stereocenters. The normalized spacial score (nSPS) is 24.0. The molecular weight excluding hydrogens is 332 g/mol. The molecule has 0 aliphatic carbocycles. The zero-order valence-corrected chi connectivity index (χ0v) is 14.4. The Balaban J connectivity index is 2.43. The molecule has 1 saturated heterocycles. The number of benzene rings is 1. The van der Waals surface area contributed by atoms with E-state index < -0.39 is 12.1 Å². The summed E-state index contributed by atoms with van der Waals surface area (Å²) in [5.74, 6) is -0.00343. The zero-order chi connectivity index (χ0) is 15.7. The number of hydrogen-bond acceptors (Lipinski definition) is 2. The number of carbonyl (C=O) groups excluding carboxylic acids is 2. The lowest BCUT2D eigenvalue weighted by Crippen LogP contribution is -2.64. The molecule has 0 saturated carbocycles. The molecule has 2 amide bonds. The highest BCUT2D eigenvalue weighted by Gasteiger charge is 2.41. The van der Waals surface area contributed by atoms with Crippen molar-refractivity contribution in [2.45, 2.75) is 46.2 Å². The largest absolute Gasteiger partial charge is 0.342 e. The van der Waals surface area contributed by atoms with Gasteiger partial charge in [0.15, 0.2) is 0 Å². The number of nitrogens with zero attached hydrogens (tertiary/aromatic N) is 1. The first-order valence-electron chi connectivity index (χ1n) is 7.26. The van der Waals surface area contributed by atoms with E-state index in [0.29, 0.717) is 0 Å². The summed E-state index contributed by atoms with van der Waals surface area (Å²) < 4.78 is 0.962. The van der Waals surface area contributed by atoms with E-state index in [2.05, 4.69) is 21.2 Å². The molecule has 21 heavy (non-hydrogen) atoms. The average Bonchev–Trinajstić information content (AvgIpc) is 2.44. The number of halogens is 1. The smallest absolute Gasteiger partial charge is 0.250 e. The molecule has 114 valence electrons. The van der Waals surface area contributed by atoms with Crippen LogP contribution in [0.2, 0.25) is 0 Å². The maximum Gasteiger partial charge on any atom is 0.250 e. The third-order valence-corrected chi connectivity index (χ3v) is 4.69. The Kier molecular flexibility index (Phi) is 4.71. The quantitative estimate of drug-likeness (QED) is 0.908. The van der Waals surface area contributed by atoms with Gasteiger partial charge in [-0.3, -0.25) is 14.5 Å². The van der Waals surface area contributed by atoms with Gasteiger partial charge in [0.25, 0.3) is 5.91 Å². The van der Waals surface area contributed by atoms with Gasteiger partial charge >= 0.3 is 0 Å². The highest BCUT2D eigenvalue weighted by atomic mass is 79.9. The minimum atomic E-state index is -0.488. The lowest BCUT2D eigenvalue weighted by atomic mass is 9.94. The summed E-state index contributed by atoms with van der Waals surface area (Å²) in [6.07, 6.45) is 0.845. The number of nitrogens with one attached hydrogen (secondary N) is 1. The number of anilines is 1. The van der Waals surface area contributed by atoms with Crippen LogP contribution in [0.5, 0.6) is 0 Å². The Morgan fingerprint density at radius 3 is 2.62 bits per heavy atom. The molecule has 0 radical (unpaired) electrons. The van der Waals surface area contributed by atoms with Crippen molar-refractivity contribution in [2.75, 3.05) is 4.90 Å². The Morgan fingerprint density at radius 2 is 2.05 bits per heavy atom. The van der Waals surface area contributed by atoms with Crippen LogP contribution in [0.25, 0.3) is 0 Å². The monoisotopic (exact) mass is 352 g/mol.